The maximum absolute atomic E-state index is 11.0. The van der Waals surface area contributed by atoms with Gasteiger partial charge in [-0.05, 0) is 30.2 Å². The summed E-state index contributed by atoms with van der Waals surface area (Å²) in [5, 5.41) is 3.36. The van der Waals surface area contributed by atoms with Gasteiger partial charge in [0.1, 0.15) is 12.4 Å². The van der Waals surface area contributed by atoms with Gasteiger partial charge >= 0.3 is 0 Å². The van der Waals surface area contributed by atoms with Crippen LogP contribution < -0.4 is 10.1 Å². The zero-order valence-electron chi connectivity index (χ0n) is 11.8. The minimum Gasteiger partial charge on any atom is -0.493 e. The highest BCUT2D eigenvalue weighted by atomic mass is 32.2. The molecule has 0 unspecified atom stereocenters. The van der Waals surface area contributed by atoms with Crippen molar-refractivity contribution in [3.63, 3.8) is 0 Å². The number of sulfone groups is 1. The molecule has 0 spiro atoms. The first-order valence-electron chi connectivity index (χ1n) is 6.47. The number of hydrogen-bond donors (Lipinski definition) is 1. The van der Waals surface area contributed by atoms with E-state index in [2.05, 4.69) is 19.2 Å². The molecule has 1 aromatic rings. The summed E-state index contributed by atoms with van der Waals surface area (Å²) in [6, 6.07) is 7.72. The predicted octanol–water partition coefficient (Wildman–Crippen LogP) is 1.86. The Labute approximate surface area is 116 Å². The highest BCUT2D eigenvalue weighted by molar-refractivity contribution is 7.90. The molecule has 0 saturated heterocycles. The summed E-state index contributed by atoms with van der Waals surface area (Å²) in [4.78, 5) is 0. The molecule has 0 saturated carbocycles. The second-order valence-corrected chi connectivity index (χ2v) is 7.41. The van der Waals surface area contributed by atoms with Crippen molar-refractivity contribution in [1.29, 1.82) is 0 Å². The van der Waals surface area contributed by atoms with Crippen molar-refractivity contribution in [3.05, 3.63) is 29.8 Å². The maximum Gasteiger partial charge on any atom is 0.150 e. The Kier molecular flexibility index (Phi) is 6.31. The van der Waals surface area contributed by atoms with Crippen LogP contribution in [0, 0.1) is 5.92 Å². The lowest BCUT2D eigenvalue weighted by Gasteiger charge is -2.09. The van der Waals surface area contributed by atoms with Gasteiger partial charge in [0.25, 0.3) is 0 Å². The first-order chi connectivity index (χ1) is 8.87. The second kappa shape index (κ2) is 7.50. The van der Waals surface area contributed by atoms with E-state index < -0.39 is 9.84 Å². The standard InChI is InChI=1S/C14H23NO3S/c1-12(2)10-15-11-13-5-4-6-14(9-13)18-7-8-19(3,16)17/h4-6,9,12,15H,7-8,10-11H2,1-3H3. The fourth-order valence-electron chi connectivity index (χ4n) is 1.56. The van der Waals surface area contributed by atoms with E-state index >= 15 is 0 Å². The lowest BCUT2D eigenvalue weighted by atomic mass is 10.2. The number of nitrogens with one attached hydrogen (secondary N) is 1. The summed E-state index contributed by atoms with van der Waals surface area (Å²) in [5.74, 6) is 1.38. The first kappa shape index (κ1) is 16.0. The van der Waals surface area contributed by atoms with Gasteiger partial charge < -0.3 is 10.1 Å². The molecule has 0 aliphatic rings. The zero-order chi connectivity index (χ0) is 14.3. The molecule has 5 heteroatoms. The van der Waals surface area contributed by atoms with E-state index in [1.807, 2.05) is 24.3 Å². The van der Waals surface area contributed by atoms with Crippen molar-refractivity contribution >= 4 is 9.84 Å². The predicted molar refractivity (Wildman–Crippen MR) is 78.2 cm³/mol. The summed E-state index contributed by atoms with van der Waals surface area (Å²) in [5.41, 5.74) is 1.14. The van der Waals surface area contributed by atoms with Gasteiger partial charge in [0, 0.05) is 12.8 Å². The summed E-state index contributed by atoms with van der Waals surface area (Å²) in [7, 11) is -2.97. The van der Waals surface area contributed by atoms with Gasteiger partial charge in [0.05, 0.1) is 5.75 Å². The van der Waals surface area contributed by atoms with Crippen LogP contribution in [-0.4, -0.2) is 33.6 Å². The van der Waals surface area contributed by atoms with E-state index in [1.165, 1.54) is 6.26 Å². The average Bonchev–Trinajstić information content (AvgIpc) is 2.27. The van der Waals surface area contributed by atoms with Crippen LogP contribution >= 0.6 is 0 Å². The Bertz CT molecular complexity index is 483. The van der Waals surface area contributed by atoms with Crippen LogP contribution in [0.3, 0.4) is 0 Å². The Hall–Kier alpha value is -1.07. The van der Waals surface area contributed by atoms with Crippen LogP contribution in [0.15, 0.2) is 24.3 Å². The van der Waals surface area contributed by atoms with E-state index in [-0.39, 0.29) is 12.4 Å². The molecule has 108 valence electrons. The Balaban J connectivity index is 2.43. The fourth-order valence-corrected chi connectivity index (χ4v) is 1.95. The number of rotatable bonds is 8. The zero-order valence-corrected chi connectivity index (χ0v) is 12.7. The summed E-state index contributed by atoms with van der Waals surface area (Å²) in [6.07, 6.45) is 1.21. The molecule has 0 fully saturated rings. The molecule has 0 aliphatic heterocycles. The van der Waals surface area contributed by atoms with E-state index in [4.69, 9.17) is 4.74 Å². The minimum atomic E-state index is -2.97. The summed E-state index contributed by atoms with van der Waals surface area (Å²) < 4.78 is 27.5. The van der Waals surface area contributed by atoms with Crippen molar-refractivity contribution in [2.75, 3.05) is 25.2 Å². The molecule has 1 N–H and O–H groups in total. The fraction of sp³-hybridized carbons (Fsp3) is 0.571. The maximum atomic E-state index is 11.0. The van der Waals surface area contributed by atoms with Crippen LogP contribution in [0.2, 0.25) is 0 Å². The largest absolute Gasteiger partial charge is 0.493 e. The highest BCUT2D eigenvalue weighted by Crippen LogP contribution is 2.13. The normalized spacial score (nSPS) is 11.8. The summed E-state index contributed by atoms with van der Waals surface area (Å²) >= 11 is 0. The quantitative estimate of drug-likeness (QED) is 0.792. The van der Waals surface area contributed by atoms with Gasteiger partial charge in [-0.3, -0.25) is 0 Å². The Morgan fingerprint density at radius 1 is 1.32 bits per heavy atom. The Morgan fingerprint density at radius 2 is 2.05 bits per heavy atom. The van der Waals surface area contributed by atoms with Crippen LogP contribution in [0.25, 0.3) is 0 Å². The topological polar surface area (TPSA) is 55.4 Å². The van der Waals surface area contributed by atoms with Crippen LogP contribution in [0.1, 0.15) is 19.4 Å². The molecule has 0 aromatic heterocycles. The van der Waals surface area contributed by atoms with Gasteiger partial charge in [-0.15, -0.1) is 0 Å². The first-order valence-corrected chi connectivity index (χ1v) is 8.53. The molecule has 0 aliphatic carbocycles. The lowest BCUT2D eigenvalue weighted by molar-refractivity contribution is 0.340. The molecule has 19 heavy (non-hydrogen) atoms. The molecule has 0 radical (unpaired) electrons. The van der Waals surface area contributed by atoms with Crippen molar-refractivity contribution in [2.24, 2.45) is 5.92 Å². The van der Waals surface area contributed by atoms with Gasteiger partial charge in [-0.1, -0.05) is 26.0 Å². The minimum absolute atomic E-state index is 0.0445. The molecule has 0 atom stereocenters. The lowest BCUT2D eigenvalue weighted by Crippen LogP contribution is -2.19. The van der Waals surface area contributed by atoms with Gasteiger partial charge in [0.2, 0.25) is 0 Å². The van der Waals surface area contributed by atoms with Crippen molar-refractivity contribution in [2.45, 2.75) is 20.4 Å². The van der Waals surface area contributed by atoms with Crippen LogP contribution in [-0.2, 0) is 16.4 Å². The van der Waals surface area contributed by atoms with Gasteiger partial charge in [0.15, 0.2) is 9.84 Å². The number of benzene rings is 1. The molecule has 0 amide bonds. The second-order valence-electron chi connectivity index (χ2n) is 5.15. The third-order valence-electron chi connectivity index (χ3n) is 2.50. The molecule has 0 heterocycles. The average molecular weight is 285 g/mol. The monoisotopic (exact) mass is 285 g/mol. The number of hydrogen-bond acceptors (Lipinski definition) is 4. The van der Waals surface area contributed by atoms with Crippen molar-refractivity contribution in [1.82, 2.24) is 5.32 Å². The van der Waals surface area contributed by atoms with E-state index in [9.17, 15) is 8.42 Å². The molecular weight excluding hydrogens is 262 g/mol. The van der Waals surface area contributed by atoms with E-state index in [0.717, 1.165) is 18.7 Å². The molecular formula is C14H23NO3S. The number of ether oxygens (including phenoxy) is 1. The smallest absolute Gasteiger partial charge is 0.150 e. The third kappa shape index (κ3) is 7.85. The highest BCUT2D eigenvalue weighted by Gasteiger charge is 2.03. The SMILES string of the molecule is CC(C)CNCc1cccc(OCCS(C)(=O)=O)c1. The molecule has 4 nitrogen and oxygen atoms in total. The van der Waals surface area contributed by atoms with Crippen LogP contribution in [0.5, 0.6) is 5.75 Å². The van der Waals surface area contributed by atoms with E-state index in [0.29, 0.717) is 11.7 Å². The van der Waals surface area contributed by atoms with Gasteiger partial charge in [-0.2, -0.15) is 0 Å². The van der Waals surface area contributed by atoms with E-state index in [1.54, 1.807) is 0 Å². The van der Waals surface area contributed by atoms with Crippen molar-refractivity contribution < 1.29 is 13.2 Å². The molecule has 1 rings (SSSR count). The molecule has 0 bridgehead atoms. The third-order valence-corrected chi connectivity index (χ3v) is 3.41. The summed E-state index contributed by atoms with van der Waals surface area (Å²) in [6.45, 7) is 6.29. The van der Waals surface area contributed by atoms with Crippen molar-refractivity contribution in [3.8, 4) is 5.75 Å². The van der Waals surface area contributed by atoms with Crippen LogP contribution in [0.4, 0.5) is 0 Å². The van der Waals surface area contributed by atoms with Gasteiger partial charge in [-0.25, -0.2) is 8.42 Å². The Morgan fingerprint density at radius 3 is 2.68 bits per heavy atom. The molecule has 1 aromatic carbocycles.